The Morgan fingerprint density at radius 2 is 1.76 bits per heavy atom. The molecule has 0 saturated heterocycles. The molecule has 0 saturated carbocycles. The van der Waals surface area contributed by atoms with E-state index in [2.05, 4.69) is 4.99 Å². The van der Waals surface area contributed by atoms with E-state index in [-0.39, 0.29) is 4.90 Å². The molecule has 1 amide bonds. The highest BCUT2D eigenvalue weighted by atomic mass is 32.2. The number of thiazole rings is 1. The van der Waals surface area contributed by atoms with Crippen LogP contribution in [0.5, 0.6) is 0 Å². The van der Waals surface area contributed by atoms with E-state index in [1.165, 1.54) is 35.6 Å². The van der Waals surface area contributed by atoms with Crippen LogP contribution in [0.1, 0.15) is 15.9 Å². The van der Waals surface area contributed by atoms with Crippen LogP contribution in [0.15, 0.2) is 76.1 Å². The average Bonchev–Trinajstić information content (AvgIpc) is 3.02. The molecule has 3 aromatic rings. The largest absolute Gasteiger partial charge is 0.319 e. The molecule has 1 aromatic heterocycles. The zero-order valence-corrected chi connectivity index (χ0v) is 15.1. The molecule has 3 rings (SSSR count). The van der Waals surface area contributed by atoms with Crippen molar-refractivity contribution in [1.82, 2.24) is 4.57 Å². The van der Waals surface area contributed by atoms with Gasteiger partial charge in [0.25, 0.3) is 5.91 Å². The fourth-order valence-corrected chi connectivity index (χ4v) is 3.64. The lowest BCUT2D eigenvalue weighted by Crippen LogP contribution is -2.17. The lowest BCUT2D eigenvalue weighted by molar-refractivity contribution is 0.0997. The van der Waals surface area contributed by atoms with Crippen molar-refractivity contribution >= 4 is 27.1 Å². The lowest BCUT2D eigenvalue weighted by atomic mass is 10.2. The molecule has 0 spiro atoms. The summed E-state index contributed by atoms with van der Waals surface area (Å²) in [5.74, 6) is -0.399. The summed E-state index contributed by atoms with van der Waals surface area (Å²) in [5, 5.41) is 1.88. The summed E-state index contributed by atoms with van der Waals surface area (Å²) in [6, 6.07) is 15.7. The van der Waals surface area contributed by atoms with Crippen LogP contribution in [0.3, 0.4) is 0 Å². The molecule has 0 fully saturated rings. The van der Waals surface area contributed by atoms with Gasteiger partial charge in [0.2, 0.25) is 0 Å². The van der Waals surface area contributed by atoms with Crippen LogP contribution in [0.4, 0.5) is 0 Å². The second kappa shape index (κ2) is 7.16. The number of aromatic nitrogens is 1. The van der Waals surface area contributed by atoms with E-state index in [4.69, 9.17) is 0 Å². The smallest absolute Gasteiger partial charge is 0.279 e. The molecule has 128 valence electrons. The molecule has 0 N–H and O–H groups in total. The molecule has 0 aliphatic carbocycles. The number of carbonyl (C=O) groups excluding carboxylic acids is 1. The quantitative estimate of drug-likeness (QED) is 0.707. The Bertz CT molecular complexity index is 1050. The number of rotatable bonds is 4. The average molecular weight is 372 g/mol. The first kappa shape index (κ1) is 17.3. The van der Waals surface area contributed by atoms with E-state index in [9.17, 15) is 13.2 Å². The maximum absolute atomic E-state index is 12.4. The number of hydrogen-bond acceptors (Lipinski definition) is 4. The number of sulfone groups is 1. The van der Waals surface area contributed by atoms with Crippen LogP contribution in [0.2, 0.25) is 0 Å². The first-order chi connectivity index (χ1) is 11.9. The Morgan fingerprint density at radius 3 is 2.40 bits per heavy atom. The summed E-state index contributed by atoms with van der Waals surface area (Å²) in [6.45, 7) is 0.628. The highest BCUT2D eigenvalue weighted by Gasteiger charge is 2.10. The Kier molecular flexibility index (Phi) is 4.96. The van der Waals surface area contributed by atoms with E-state index in [0.29, 0.717) is 16.9 Å². The normalized spacial score (nSPS) is 12.3. The van der Waals surface area contributed by atoms with Crippen LogP contribution in [-0.2, 0) is 16.4 Å². The van der Waals surface area contributed by atoms with Crippen LogP contribution in [0.25, 0.3) is 0 Å². The molecule has 0 radical (unpaired) electrons. The minimum absolute atomic E-state index is 0.180. The lowest BCUT2D eigenvalue weighted by Gasteiger charge is -2.03. The van der Waals surface area contributed by atoms with Gasteiger partial charge in [-0.3, -0.25) is 4.79 Å². The highest BCUT2D eigenvalue weighted by molar-refractivity contribution is 7.90. The molecule has 2 aromatic carbocycles. The van der Waals surface area contributed by atoms with Crippen molar-refractivity contribution in [3.63, 3.8) is 0 Å². The molecule has 0 aliphatic heterocycles. The zero-order valence-electron chi connectivity index (χ0n) is 13.5. The Morgan fingerprint density at radius 1 is 1.08 bits per heavy atom. The van der Waals surface area contributed by atoms with Crippen molar-refractivity contribution in [2.24, 2.45) is 4.99 Å². The summed E-state index contributed by atoms with van der Waals surface area (Å²) in [6.07, 6.45) is 3.02. The van der Waals surface area contributed by atoms with Gasteiger partial charge in [-0.15, -0.1) is 11.3 Å². The topological polar surface area (TPSA) is 68.5 Å². The monoisotopic (exact) mass is 372 g/mol. The number of nitrogens with zero attached hydrogens (tertiary/aromatic N) is 2. The van der Waals surface area contributed by atoms with E-state index < -0.39 is 15.7 Å². The number of hydrogen-bond donors (Lipinski definition) is 0. The SMILES string of the molecule is CS(=O)(=O)c1ccc(C(=O)N=c2sccn2Cc2ccccc2)cc1. The molecule has 7 heteroatoms. The van der Waals surface area contributed by atoms with Gasteiger partial charge >= 0.3 is 0 Å². The van der Waals surface area contributed by atoms with Gasteiger partial charge in [0.15, 0.2) is 14.6 Å². The third-order valence-electron chi connectivity index (χ3n) is 3.58. The third-order valence-corrected chi connectivity index (χ3v) is 5.51. The van der Waals surface area contributed by atoms with Crippen LogP contribution in [-0.4, -0.2) is 25.1 Å². The van der Waals surface area contributed by atoms with Crippen molar-refractivity contribution in [3.05, 3.63) is 82.1 Å². The third kappa shape index (κ3) is 4.32. The van der Waals surface area contributed by atoms with Gasteiger partial charge in [0, 0.05) is 29.9 Å². The molecule has 0 atom stereocenters. The van der Waals surface area contributed by atoms with Crippen LogP contribution >= 0.6 is 11.3 Å². The predicted molar refractivity (Wildman–Crippen MR) is 97.3 cm³/mol. The summed E-state index contributed by atoms with van der Waals surface area (Å²) in [4.78, 5) is 17.3. The van der Waals surface area contributed by atoms with Crippen molar-refractivity contribution in [3.8, 4) is 0 Å². The van der Waals surface area contributed by atoms with Gasteiger partial charge in [-0.2, -0.15) is 4.99 Å². The van der Waals surface area contributed by atoms with Crippen LogP contribution < -0.4 is 4.80 Å². The number of carbonyl (C=O) groups is 1. The van der Waals surface area contributed by atoms with Crippen molar-refractivity contribution in [2.45, 2.75) is 11.4 Å². The van der Waals surface area contributed by atoms with Crippen molar-refractivity contribution < 1.29 is 13.2 Å². The minimum Gasteiger partial charge on any atom is -0.319 e. The highest BCUT2D eigenvalue weighted by Crippen LogP contribution is 2.11. The number of amides is 1. The van der Waals surface area contributed by atoms with E-state index in [0.717, 1.165) is 11.8 Å². The van der Waals surface area contributed by atoms with E-state index in [1.54, 1.807) is 0 Å². The molecule has 0 aliphatic rings. The second-order valence-corrected chi connectivity index (χ2v) is 8.40. The van der Waals surface area contributed by atoms with Gasteiger partial charge < -0.3 is 4.57 Å². The Labute approximate surface area is 149 Å². The first-order valence-electron chi connectivity index (χ1n) is 7.50. The Hall–Kier alpha value is -2.51. The molecule has 0 bridgehead atoms. The fourth-order valence-electron chi connectivity index (χ4n) is 2.28. The molecule has 1 heterocycles. The second-order valence-electron chi connectivity index (χ2n) is 5.51. The molecular formula is C18H16N2O3S2. The molecule has 5 nitrogen and oxygen atoms in total. The minimum atomic E-state index is -3.28. The van der Waals surface area contributed by atoms with Gasteiger partial charge in [-0.1, -0.05) is 30.3 Å². The summed E-state index contributed by atoms with van der Waals surface area (Å²) < 4.78 is 24.9. The number of benzene rings is 2. The molecule has 0 unspecified atom stereocenters. The van der Waals surface area contributed by atoms with Gasteiger partial charge in [0.05, 0.1) is 4.90 Å². The van der Waals surface area contributed by atoms with Gasteiger partial charge in [-0.05, 0) is 29.8 Å². The molecule has 25 heavy (non-hydrogen) atoms. The predicted octanol–water partition coefficient (Wildman–Crippen LogP) is 2.74. The van der Waals surface area contributed by atoms with Gasteiger partial charge in [0.1, 0.15) is 0 Å². The van der Waals surface area contributed by atoms with Crippen molar-refractivity contribution in [1.29, 1.82) is 0 Å². The Balaban J connectivity index is 1.86. The van der Waals surface area contributed by atoms with Crippen LogP contribution in [0, 0.1) is 0 Å². The van der Waals surface area contributed by atoms with E-state index in [1.807, 2.05) is 46.5 Å². The van der Waals surface area contributed by atoms with E-state index >= 15 is 0 Å². The first-order valence-corrected chi connectivity index (χ1v) is 10.3. The van der Waals surface area contributed by atoms with Gasteiger partial charge in [-0.25, -0.2) is 8.42 Å². The summed E-state index contributed by atoms with van der Waals surface area (Å²) in [5.41, 5.74) is 1.47. The maximum atomic E-state index is 12.4. The maximum Gasteiger partial charge on any atom is 0.279 e. The summed E-state index contributed by atoms with van der Waals surface area (Å²) in [7, 11) is -3.28. The summed E-state index contributed by atoms with van der Waals surface area (Å²) >= 11 is 1.38. The zero-order chi connectivity index (χ0) is 17.9. The molecular weight excluding hydrogens is 356 g/mol. The standard InChI is InChI=1S/C18H16N2O3S2/c1-25(22,23)16-9-7-15(8-10-16)17(21)19-18-20(11-12-24-18)13-14-5-3-2-4-6-14/h2-12H,13H2,1H3. The fraction of sp³-hybridized carbons (Fsp3) is 0.111. The van der Waals surface area contributed by atoms with Crippen molar-refractivity contribution in [2.75, 3.05) is 6.26 Å².